The second kappa shape index (κ2) is 15.9. The number of ether oxygens (including phenoxy) is 1. The van der Waals surface area contributed by atoms with Crippen LogP contribution in [0.4, 0.5) is 24.8 Å². The minimum atomic E-state index is -4.48. The Balaban J connectivity index is 1.54. The second-order valence-electron chi connectivity index (χ2n) is 12.3. The largest absolute Gasteiger partial charge is 0.491 e. The predicted molar refractivity (Wildman–Crippen MR) is 183 cm³/mol. The third-order valence-corrected chi connectivity index (χ3v) is 10.8. The van der Waals surface area contributed by atoms with Gasteiger partial charge in [-0.2, -0.15) is 13.2 Å². The number of aliphatic hydroxyl groups is 1. The maximum Gasteiger partial charge on any atom is 0.416 e. The van der Waals surface area contributed by atoms with E-state index in [1.807, 2.05) is 0 Å². The summed E-state index contributed by atoms with van der Waals surface area (Å²) in [5.41, 5.74) is -0.302. The summed E-state index contributed by atoms with van der Waals surface area (Å²) >= 11 is 3.36. The Morgan fingerprint density at radius 2 is 1.83 bits per heavy atom. The fourth-order valence-electron chi connectivity index (χ4n) is 4.85. The van der Waals surface area contributed by atoms with E-state index in [0.29, 0.717) is 35.5 Å². The summed E-state index contributed by atoms with van der Waals surface area (Å²) in [6.07, 6.45) is -4.65. The SMILES string of the molecule is CC(C)S(=O)(=O)N(C)c1cc(C(=O)N[C@@H](COc2ccc(Br)cc2)[C@H](O)CNCc2cccc(C(F)(F)F)c2)cc(NC[C@H]2C[C@@H]2C)n1. The lowest BCUT2D eigenvalue weighted by molar-refractivity contribution is -0.137. The van der Waals surface area contributed by atoms with Crippen molar-refractivity contribution in [3.8, 4) is 5.75 Å². The molecule has 1 heterocycles. The van der Waals surface area contributed by atoms with E-state index < -0.39 is 45.1 Å². The van der Waals surface area contributed by atoms with Crippen LogP contribution in [-0.4, -0.2) is 68.6 Å². The number of aromatic nitrogens is 1. The molecule has 0 aliphatic heterocycles. The molecule has 48 heavy (non-hydrogen) atoms. The molecule has 1 aliphatic carbocycles. The first-order valence-corrected chi connectivity index (χ1v) is 17.8. The number of benzene rings is 2. The van der Waals surface area contributed by atoms with Gasteiger partial charge in [-0.3, -0.25) is 9.10 Å². The van der Waals surface area contributed by atoms with Crippen molar-refractivity contribution in [3.63, 3.8) is 0 Å². The Bertz CT molecular complexity index is 1660. The van der Waals surface area contributed by atoms with Crippen LogP contribution in [-0.2, 0) is 22.7 Å². The van der Waals surface area contributed by atoms with E-state index in [9.17, 15) is 31.5 Å². The number of rotatable bonds is 16. The third kappa shape index (κ3) is 10.3. The summed E-state index contributed by atoms with van der Waals surface area (Å²) in [7, 11) is -2.39. The van der Waals surface area contributed by atoms with Gasteiger partial charge in [-0.15, -0.1) is 0 Å². The molecule has 2 aromatic carbocycles. The van der Waals surface area contributed by atoms with E-state index in [1.54, 1.807) is 38.1 Å². The number of amides is 1. The Morgan fingerprint density at radius 1 is 1.15 bits per heavy atom. The quantitative estimate of drug-likeness (QED) is 0.152. The summed E-state index contributed by atoms with van der Waals surface area (Å²) in [5, 5.41) is 19.4. The zero-order valence-electron chi connectivity index (χ0n) is 27.1. The number of pyridine rings is 1. The maximum absolute atomic E-state index is 13.7. The van der Waals surface area contributed by atoms with Crippen molar-refractivity contribution in [2.45, 2.75) is 57.3 Å². The van der Waals surface area contributed by atoms with Gasteiger partial charge in [0.05, 0.1) is 23.0 Å². The molecule has 10 nitrogen and oxygen atoms in total. The number of nitrogens with one attached hydrogen (secondary N) is 3. The minimum absolute atomic E-state index is 0.0359. The van der Waals surface area contributed by atoms with Crippen LogP contribution in [0.1, 0.15) is 48.7 Å². The van der Waals surface area contributed by atoms with Gasteiger partial charge in [-0.25, -0.2) is 13.4 Å². The van der Waals surface area contributed by atoms with Crippen LogP contribution in [0.5, 0.6) is 5.75 Å². The van der Waals surface area contributed by atoms with E-state index in [4.69, 9.17) is 4.74 Å². The zero-order chi connectivity index (χ0) is 35.2. The number of anilines is 2. The highest BCUT2D eigenvalue weighted by Gasteiger charge is 2.33. The molecule has 1 saturated carbocycles. The molecule has 0 unspecified atom stereocenters. The standard InChI is InChI=1S/C33H41BrF3N5O5S/c1-20(2)48(45,46)42(4)31-15-23(14-30(41-31)39-17-24-12-21(24)3)32(44)40-28(19-47-27-10-8-26(34)9-11-27)29(43)18-38-16-22-6-5-7-25(13-22)33(35,36)37/h5-11,13-15,20-21,24,28-29,38,43H,12,16-19H2,1-4H3,(H,39,41)(H,40,44)/t21-,24+,28-,29+/m0/s1. The molecule has 1 aromatic heterocycles. The van der Waals surface area contributed by atoms with E-state index in [1.165, 1.54) is 31.3 Å². The Labute approximate surface area is 287 Å². The van der Waals surface area contributed by atoms with Crippen LogP contribution in [0, 0.1) is 11.8 Å². The summed E-state index contributed by atoms with van der Waals surface area (Å²) in [4.78, 5) is 18.2. The number of sulfonamides is 1. The maximum atomic E-state index is 13.7. The first-order chi connectivity index (χ1) is 22.5. The fourth-order valence-corrected chi connectivity index (χ4v) is 6.10. The van der Waals surface area contributed by atoms with Gasteiger partial charge in [0.25, 0.3) is 5.91 Å². The highest BCUT2D eigenvalue weighted by atomic mass is 79.9. The molecular weight excluding hydrogens is 715 g/mol. The normalized spacial score (nSPS) is 17.5. The Morgan fingerprint density at radius 3 is 2.46 bits per heavy atom. The average Bonchev–Trinajstić information content (AvgIpc) is 3.76. The highest BCUT2D eigenvalue weighted by Crippen LogP contribution is 2.37. The molecule has 3 aromatic rings. The van der Waals surface area contributed by atoms with Crippen LogP contribution in [0.3, 0.4) is 0 Å². The molecule has 1 fully saturated rings. The average molecular weight is 757 g/mol. The number of hydrogen-bond acceptors (Lipinski definition) is 8. The molecule has 0 bridgehead atoms. The van der Waals surface area contributed by atoms with Gasteiger partial charge in [0.2, 0.25) is 10.0 Å². The van der Waals surface area contributed by atoms with Gasteiger partial charge < -0.3 is 25.8 Å². The molecule has 15 heteroatoms. The smallest absolute Gasteiger partial charge is 0.416 e. The first kappa shape index (κ1) is 37.4. The second-order valence-corrected chi connectivity index (χ2v) is 15.7. The summed E-state index contributed by atoms with van der Waals surface area (Å²) in [6.45, 7) is 5.64. The number of halogens is 4. The van der Waals surface area contributed by atoms with Crippen molar-refractivity contribution < 1.29 is 36.2 Å². The van der Waals surface area contributed by atoms with Crippen molar-refractivity contribution in [2.75, 3.05) is 36.4 Å². The van der Waals surface area contributed by atoms with E-state index in [-0.39, 0.29) is 31.1 Å². The molecule has 4 N–H and O–H groups in total. The number of nitrogens with zero attached hydrogens (tertiary/aromatic N) is 2. The van der Waals surface area contributed by atoms with Crippen molar-refractivity contribution >= 4 is 43.5 Å². The van der Waals surface area contributed by atoms with Gasteiger partial charge >= 0.3 is 6.18 Å². The van der Waals surface area contributed by atoms with E-state index in [0.717, 1.165) is 27.3 Å². The van der Waals surface area contributed by atoms with Gasteiger partial charge in [-0.1, -0.05) is 41.1 Å². The number of carbonyl (C=O) groups is 1. The summed E-state index contributed by atoms with van der Waals surface area (Å²) in [6, 6.07) is 13.7. The first-order valence-electron chi connectivity index (χ1n) is 15.5. The summed E-state index contributed by atoms with van der Waals surface area (Å²) in [5.74, 6) is 1.25. The number of carbonyl (C=O) groups excluding carboxylic acids is 1. The van der Waals surface area contributed by atoms with Crippen molar-refractivity contribution in [2.24, 2.45) is 11.8 Å². The van der Waals surface area contributed by atoms with Crippen molar-refractivity contribution in [3.05, 3.63) is 81.8 Å². The topological polar surface area (TPSA) is 133 Å². The molecule has 0 spiro atoms. The third-order valence-electron chi connectivity index (χ3n) is 8.16. The number of hydrogen-bond donors (Lipinski definition) is 4. The molecule has 0 saturated heterocycles. The lowest BCUT2D eigenvalue weighted by Gasteiger charge is -2.26. The molecule has 1 aliphatic rings. The monoisotopic (exact) mass is 755 g/mol. The van der Waals surface area contributed by atoms with Crippen molar-refractivity contribution in [1.29, 1.82) is 0 Å². The zero-order valence-corrected chi connectivity index (χ0v) is 29.5. The summed E-state index contributed by atoms with van der Waals surface area (Å²) < 4.78 is 73.2. The predicted octanol–water partition coefficient (Wildman–Crippen LogP) is 5.43. The van der Waals surface area contributed by atoms with Crippen LogP contribution < -0.4 is 25.0 Å². The van der Waals surface area contributed by atoms with Crippen LogP contribution in [0.15, 0.2) is 65.1 Å². The van der Waals surface area contributed by atoms with E-state index in [2.05, 4.69) is 43.8 Å². The fraction of sp³-hybridized carbons (Fsp3) is 0.455. The lowest BCUT2D eigenvalue weighted by atomic mass is 10.1. The van der Waals surface area contributed by atoms with Crippen LogP contribution in [0.2, 0.25) is 0 Å². The molecular formula is C33H41BrF3N5O5S. The van der Waals surface area contributed by atoms with Gasteiger partial charge in [0, 0.05) is 36.7 Å². The minimum Gasteiger partial charge on any atom is -0.491 e. The molecule has 1 amide bonds. The van der Waals surface area contributed by atoms with Gasteiger partial charge in [-0.05, 0) is 80.1 Å². The number of alkyl halides is 3. The molecule has 4 rings (SSSR count). The molecule has 4 atom stereocenters. The Kier molecular flexibility index (Phi) is 12.4. The Hall–Kier alpha value is -3.40. The van der Waals surface area contributed by atoms with Gasteiger partial charge in [0.1, 0.15) is 24.0 Å². The number of aliphatic hydroxyl groups excluding tert-OH is 1. The van der Waals surface area contributed by atoms with Crippen LogP contribution >= 0.6 is 15.9 Å². The lowest BCUT2D eigenvalue weighted by Crippen LogP contribution is -2.50. The molecule has 262 valence electrons. The van der Waals surface area contributed by atoms with E-state index >= 15 is 0 Å². The van der Waals surface area contributed by atoms with Crippen molar-refractivity contribution in [1.82, 2.24) is 15.6 Å². The highest BCUT2D eigenvalue weighted by molar-refractivity contribution is 9.10. The molecule has 0 radical (unpaired) electrons. The van der Waals surface area contributed by atoms with Crippen LogP contribution in [0.25, 0.3) is 0 Å². The van der Waals surface area contributed by atoms with Gasteiger partial charge in [0.15, 0.2) is 0 Å².